The second-order valence-corrected chi connectivity index (χ2v) is 4.74. The van der Waals surface area contributed by atoms with Crippen molar-refractivity contribution in [2.24, 2.45) is 0 Å². The van der Waals surface area contributed by atoms with E-state index in [4.69, 9.17) is 9.47 Å². The average molecular weight is 303 g/mol. The second-order valence-electron chi connectivity index (χ2n) is 4.74. The van der Waals surface area contributed by atoms with Gasteiger partial charge in [-0.1, -0.05) is 18.2 Å². The van der Waals surface area contributed by atoms with E-state index < -0.39 is 11.7 Å². The number of nitrogens with one attached hydrogen (secondary N) is 1. The Labute approximate surface area is 128 Å². The van der Waals surface area contributed by atoms with Crippen molar-refractivity contribution >= 4 is 5.91 Å². The van der Waals surface area contributed by atoms with Gasteiger partial charge in [0.25, 0.3) is 5.91 Å². The van der Waals surface area contributed by atoms with E-state index in [0.29, 0.717) is 11.5 Å². The molecule has 1 N–H and O–H groups in total. The summed E-state index contributed by atoms with van der Waals surface area (Å²) in [5.41, 5.74) is 1.09. The van der Waals surface area contributed by atoms with Gasteiger partial charge in [0.2, 0.25) is 0 Å². The number of benzene rings is 2. The Hall–Kier alpha value is -2.56. The van der Waals surface area contributed by atoms with E-state index in [9.17, 15) is 9.18 Å². The molecule has 4 nitrogen and oxygen atoms in total. The molecule has 0 saturated carbocycles. The van der Waals surface area contributed by atoms with Crippen molar-refractivity contribution in [3.05, 3.63) is 59.4 Å². The third-order valence-electron chi connectivity index (χ3n) is 3.08. The summed E-state index contributed by atoms with van der Waals surface area (Å²) in [5, 5.41) is 2.61. The van der Waals surface area contributed by atoms with Gasteiger partial charge in [-0.25, -0.2) is 4.39 Å². The molecule has 0 aliphatic heterocycles. The molecule has 2 aromatic rings. The molecule has 2 aromatic carbocycles. The van der Waals surface area contributed by atoms with E-state index in [1.54, 1.807) is 19.2 Å². The summed E-state index contributed by atoms with van der Waals surface area (Å²) in [4.78, 5) is 11.8. The summed E-state index contributed by atoms with van der Waals surface area (Å²) in [5.74, 6) is 0.243. The molecular formula is C17H18FNO3. The highest BCUT2D eigenvalue weighted by Gasteiger charge is 2.10. The van der Waals surface area contributed by atoms with Gasteiger partial charge >= 0.3 is 0 Å². The lowest BCUT2D eigenvalue weighted by molar-refractivity contribution is 0.0943. The Kier molecular flexibility index (Phi) is 5.36. The van der Waals surface area contributed by atoms with E-state index in [0.717, 1.165) is 5.56 Å². The van der Waals surface area contributed by atoms with Crippen molar-refractivity contribution in [3.8, 4) is 11.5 Å². The monoisotopic (exact) mass is 303 g/mol. The number of rotatable bonds is 6. The molecule has 0 radical (unpaired) electrons. The number of amides is 1. The fourth-order valence-electron chi connectivity index (χ4n) is 1.96. The predicted molar refractivity (Wildman–Crippen MR) is 82.0 cm³/mol. The standard InChI is InChI=1S/C17H18FNO3/c1-12-7-8-15(16(11-12)21-2)22-10-9-19-17(20)13-5-3-4-6-14(13)18/h3-8,11H,9-10H2,1-2H3,(H,19,20). The quantitative estimate of drug-likeness (QED) is 0.835. The van der Waals surface area contributed by atoms with Crippen LogP contribution in [0.15, 0.2) is 42.5 Å². The minimum Gasteiger partial charge on any atom is -0.493 e. The Bertz CT molecular complexity index is 658. The average Bonchev–Trinajstić information content (AvgIpc) is 2.52. The van der Waals surface area contributed by atoms with Gasteiger partial charge in [-0.15, -0.1) is 0 Å². The molecule has 0 aromatic heterocycles. The summed E-state index contributed by atoms with van der Waals surface area (Å²) >= 11 is 0. The molecule has 0 saturated heterocycles. The summed E-state index contributed by atoms with van der Waals surface area (Å²) < 4.78 is 24.2. The van der Waals surface area contributed by atoms with Crippen LogP contribution >= 0.6 is 0 Å². The Morgan fingerprint density at radius 3 is 2.68 bits per heavy atom. The molecule has 0 spiro atoms. The molecule has 5 heteroatoms. The van der Waals surface area contributed by atoms with Crippen LogP contribution in [0.5, 0.6) is 11.5 Å². The maximum Gasteiger partial charge on any atom is 0.254 e. The molecule has 0 atom stereocenters. The van der Waals surface area contributed by atoms with E-state index in [-0.39, 0.29) is 18.7 Å². The first-order valence-electron chi connectivity index (χ1n) is 6.92. The van der Waals surface area contributed by atoms with Crippen molar-refractivity contribution in [3.63, 3.8) is 0 Å². The van der Waals surface area contributed by atoms with Crippen molar-refractivity contribution in [1.82, 2.24) is 5.32 Å². The zero-order valence-corrected chi connectivity index (χ0v) is 12.6. The Morgan fingerprint density at radius 2 is 1.95 bits per heavy atom. The number of aryl methyl sites for hydroxylation is 1. The van der Waals surface area contributed by atoms with Crippen molar-refractivity contribution in [2.75, 3.05) is 20.3 Å². The van der Waals surface area contributed by atoms with Gasteiger partial charge in [-0.2, -0.15) is 0 Å². The first-order chi connectivity index (χ1) is 10.6. The zero-order chi connectivity index (χ0) is 15.9. The number of hydrogen-bond acceptors (Lipinski definition) is 3. The summed E-state index contributed by atoms with van der Waals surface area (Å²) in [6.07, 6.45) is 0. The number of hydrogen-bond donors (Lipinski definition) is 1. The first kappa shape index (κ1) is 15.8. The van der Waals surface area contributed by atoms with Gasteiger partial charge < -0.3 is 14.8 Å². The highest BCUT2D eigenvalue weighted by molar-refractivity contribution is 5.94. The zero-order valence-electron chi connectivity index (χ0n) is 12.6. The number of carbonyl (C=O) groups is 1. The largest absolute Gasteiger partial charge is 0.493 e. The summed E-state index contributed by atoms with van der Waals surface area (Å²) in [6.45, 7) is 2.49. The summed E-state index contributed by atoms with van der Waals surface area (Å²) in [7, 11) is 1.57. The summed E-state index contributed by atoms with van der Waals surface area (Å²) in [6, 6.07) is 11.4. The van der Waals surface area contributed by atoms with Crippen LogP contribution in [-0.2, 0) is 0 Å². The first-order valence-corrected chi connectivity index (χ1v) is 6.92. The fraction of sp³-hybridized carbons (Fsp3) is 0.235. The molecule has 0 aliphatic rings. The van der Waals surface area contributed by atoms with Gasteiger partial charge in [0.05, 0.1) is 19.2 Å². The highest BCUT2D eigenvalue weighted by atomic mass is 19.1. The van der Waals surface area contributed by atoms with Gasteiger partial charge in [-0.3, -0.25) is 4.79 Å². The molecule has 0 aliphatic carbocycles. The molecule has 116 valence electrons. The lowest BCUT2D eigenvalue weighted by Crippen LogP contribution is -2.28. The maximum atomic E-state index is 13.4. The third-order valence-corrected chi connectivity index (χ3v) is 3.08. The minimum atomic E-state index is -0.541. The van der Waals surface area contributed by atoms with E-state index in [1.807, 2.05) is 25.1 Å². The van der Waals surface area contributed by atoms with Gasteiger partial charge in [0.15, 0.2) is 11.5 Å². The van der Waals surface area contributed by atoms with Gasteiger partial charge in [0, 0.05) is 0 Å². The number of methoxy groups -OCH3 is 1. The minimum absolute atomic E-state index is 0.0235. The predicted octanol–water partition coefficient (Wildman–Crippen LogP) is 2.95. The number of carbonyl (C=O) groups excluding carboxylic acids is 1. The molecular weight excluding hydrogens is 285 g/mol. The van der Waals surface area contributed by atoms with Crippen molar-refractivity contribution in [2.45, 2.75) is 6.92 Å². The Balaban J connectivity index is 1.85. The molecule has 1 amide bonds. The number of ether oxygens (including phenoxy) is 2. The Morgan fingerprint density at radius 1 is 1.18 bits per heavy atom. The van der Waals surface area contributed by atoms with E-state index in [1.165, 1.54) is 12.1 Å². The molecule has 2 rings (SSSR count). The van der Waals surface area contributed by atoms with E-state index in [2.05, 4.69) is 5.32 Å². The SMILES string of the molecule is COc1cc(C)ccc1OCCNC(=O)c1ccccc1F. The molecule has 0 fully saturated rings. The van der Waals surface area contributed by atoms with Crippen LogP contribution in [0.3, 0.4) is 0 Å². The van der Waals surface area contributed by atoms with Crippen LogP contribution in [0.25, 0.3) is 0 Å². The lowest BCUT2D eigenvalue weighted by atomic mass is 10.2. The number of halogens is 1. The fourth-order valence-corrected chi connectivity index (χ4v) is 1.96. The highest BCUT2D eigenvalue weighted by Crippen LogP contribution is 2.27. The topological polar surface area (TPSA) is 47.6 Å². The third kappa shape index (κ3) is 3.97. The van der Waals surface area contributed by atoms with Crippen LogP contribution in [-0.4, -0.2) is 26.2 Å². The van der Waals surface area contributed by atoms with Crippen molar-refractivity contribution in [1.29, 1.82) is 0 Å². The lowest BCUT2D eigenvalue weighted by Gasteiger charge is -2.12. The normalized spacial score (nSPS) is 10.1. The van der Waals surface area contributed by atoms with E-state index >= 15 is 0 Å². The maximum absolute atomic E-state index is 13.4. The molecule has 0 unspecified atom stereocenters. The van der Waals surface area contributed by atoms with Crippen LogP contribution in [0.2, 0.25) is 0 Å². The van der Waals surface area contributed by atoms with Crippen molar-refractivity contribution < 1.29 is 18.7 Å². The molecule has 0 bridgehead atoms. The molecule has 22 heavy (non-hydrogen) atoms. The molecule has 0 heterocycles. The van der Waals surface area contributed by atoms with Crippen LogP contribution < -0.4 is 14.8 Å². The van der Waals surface area contributed by atoms with Gasteiger partial charge in [0.1, 0.15) is 12.4 Å². The van der Waals surface area contributed by atoms with Crippen LogP contribution in [0, 0.1) is 12.7 Å². The van der Waals surface area contributed by atoms with Crippen LogP contribution in [0.4, 0.5) is 4.39 Å². The smallest absolute Gasteiger partial charge is 0.254 e. The van der Waals surface area contributed by atoms with Gasteiger partial charge in [-0.05, 0) is 36.8 Å². The van der Waals surface area contributed by atoms with Crippen LogP contribution in [0.1, 0.15) is 15.9 Å². The second kappa shape index (κ2) is 7.45.